The molecular formula is C20H31N5O2. The summed E-state index contributed by atoms with van der Waals surface area (Å²) >= 11 is 0. The van der Waals surface area contributed by atoms with E-state index in [4.69, 9.17) is 4.74 Å². The van der Waals surface area contributed by atoms with Crippen LogP contribution in [0.15, 0.2) is 29.3 Å². The number of nitrogens with zero attached hydrogens (tertiary/aromatic N) is 3. The Morgan fingerprint density at radius 1 is 1.11 bits per heavy atom. The van der Waals surface area contributed by atoms with Gasteiger partial charge in [0.05, 0.1) is 5.69 Å². The molecule has 7 nitrogen and oxygen atoms in total. The summed E-state index contributed by atoms with van der Waals surface area (Å²) in [6.07, 6.45) is 4.84. The van der Waals surface area contributed by atoms with E-state index in [1.807, 2.05) is 29.2 Å². The molecule has 7 heteroatoms. The van der Waals surface area contributed by atoms with Crippen LogP contribution in [0.3, 0.4) is 0 Å². The van der Waals surface area contributed by atoms with E-state index in [9.17, 15) is 4.79 Å². The van der Waals surface area contributed by atoms with Crippen molar-refractivity contribution in [1.82, 2.24) is 15.5 Å². The fraction of sp³-hybridized carbons (Fsp3) is 0.600. The molecule has 0 saturated carbocycles. The molecule has 0 aromatic heterocycles. The van der Waals surface area contributed by atoms with Crippen molar-refractivity contribution in [3.8, 4) is 5.75 Å². The van der Waals surface area contributed by atoms with Gasteiger partial charge in [-0.1, -0.05) is 18.6 Å². The van der Waals surface area contributed by atoms with Gasteiger partial charge in [-0.15, -0.1) is 0 Å². The van der Waals surface area contributed by atoms with Gasteiger partial charge in [0, 0.05) is 33.2 Å². The second-order valence-corrected chi connectivity index (χ2v) is 6.98. The second-order valence-electron chi connectivity index (χ2n) is 6.98. The summed E-state index contributed by atoms with van der Waals surface area (Å²) in [7, 11) is 1.79. The number of nitrogens with one attached hydrogen (secondary N) is 2. The van der Waals surface area contributed by atoms with Gasteiger partial charge in [0.1, 0.15) is 5.75 Å². The van der Waals surface area contributed by atoms with Gasteiger partial charge >= 0.3 is 0 Å². The molecule has 0 unspecified atom stereocenters. The van der Waals surface area contributed by atoms with E-state index in [2.05, 4.69) is 20.5 Å². The zero-order chi connectivity index (χ0) is 18.9. The maximum Gasteiger partial charge on any atom is 0.265 e. The molecule has 2 heterocycles. The summed E-state index contributed by atoms with van der Waals surface area (Å²) < 4.78 is 5.48. The van der Waals surface area contributed by atoms with Crippen LogP contribution in [0.1, 0.15) is 25.7 Å². The molecule has 0 aliphatic carbocycles. The number of carbonyl (C=O) groups is 1. The minimum atomic E-state index is 0.0118. The number of amides is 1. The van der Waals surface area contributed by atoms with Gasteiger partial charge < -0.3 is 25.2 Å². The molecule has 0 atom stereocenters. The Labute approximate surface area is 161 Å². The molecule has 2 aliphatic rings. The van der Waals surface area contributed by atoms with E-state index >= 15 is 0 Å². The molecule has 0 radical (unpaired) electrons. The number of anilines is 1. The number of hydrogen-bond acceptors (Lipinski definition) is 4. The Balaban J connectivity index is 1.37. The number of likely N-dealkylation sites (tertiary alicyclic amines) is 1. The normalized spacial score (nSPS) is 18.0. The summed E-state index contributed by atoms with van der Waals surface area (Å²) in [6.45, 7) is 5.91. The van der Waals surface area contributed by atoms with Crippen molar-refractivity contribution in [2.24, 2.45) is 4.99 Å². The van der Waals surface area contributed by atoms with Crippen molar-refractivity contribution in [1.29, 1.82) is 0 Å². The van der Waals surface area contributed by atoms with Crippen molar-refractivity contribution in [3.63, 3.8) is 0 Å². The number of ether oxygens (including phenoxy) is 1. The van der Waals surface area contributed by atoms with Gasteiger partial charge in [-0.3, -0.25) is 9.79 Å². The Kier molecular flexibility index (Phi) is 7.33. The fourth-order valence-electron chi connectivity index (χ4n) is 3.58. The quantitative estimate of drug-likeness (QED) is 0.430. The van der Waals surface area contributed by atoms with Gasteiger partial charge in [-0.25, -0.2) is 0 Å². The Bertz CT molecular complexity index is 643. The van der Waals surface area contributed by atoms with Crippen LogP contribution in [0.25, 0.3) is 0 Å². The molecule has 2 N–H and O–H groups in total. The van der Waals surface area contributed by atoms with E-state index in [1.54, 1.807) is 7.05 Å². The standard InChI is InChI=1S/C20H31N5O2/c1-21-20(23-11-15-24-12-5-2-6-13-24)22-10-7-14-25-17-8-3-4-9-18(17)27-16-19(25)26/h3-4,8-9H,2,5-7,10-16H2,1H3,(H2,21,22,23). The number of hydrogen-bond donors (Lipinski definition) is 2. The molecule has 1 amide bonds. The average Bonchev–Trinajstić information content (AvgIpc) is 2.72. The van der Waals surface area contributed by atoms with Crippen LogP contribution in [-0.4, -0.2) is 69.7 Å². The highest BCUT2D eigenvalue weighted by Gasteiger charge is 2.24. The van der Waals surface area contributed by atoms with Crippen LogP contribution < -0.4 is 20.3 Å². The number of piperidine rings is 1. The largest absolute Gasteiger partial charge is 0.482 e. The van der Waals surface area contributed by atoms with Gasteiger partial charge in [0.15, 0.2) is 12.6 Å². The molecule has 148 valence electrons. The van der Waals surface area contributed by atoms with Gasteiger partial charge in [-0.2, -0.15) is 0 Å². The summed E-state index contributed by atoms with van der Waals surface area (Å²) in [4.78, 5) is 20.8. The first-order valence-corrected chi connectivity index (χ1v) is 9.97. The van der Waals surface area contributed by atoms with Crippen LogP contribution >= 0.6 is 0 Å². The van der Waals surface area contributed by atoms with Gasteiger partial charge in [0.2, 0.25) is 0 Å². The number of benzene rings is 1. The predicted octanol–water partition coefficient (Wildman–Crippen LogP) is 1.45. The molecular weight excluding hydrogens is 342 g/mol. The van der Waals surface area contributed by atoms with Crippen LogP contribution in [0.5, 0.6) is 5.75 Å². The first-order chi connectivity index (χ1) is 13.3. The maximum absolute atomic E-state index is 12.2. The molecule has 2 aliphatic heterocycles. The molecule has 0 bridgehead atoms. The van der Waals surface area contributed by atoms with E-state index in [0.29, 0.717) is 6.54 Å². The smallest absolute Gasteiger partial charge is 0.265 e. The average molecular weight is 374 g/mol. The van der Waals surface area contributed by atoms with E-state index in [1.165, 1.54) is 32.4 Å². The zero-order valence-corrected chi connectivity index (χ0v) is 16.2. The Hall–Kier alpha value is -2.28. The lowest BCUT2D eigenvalue weighted by atomic mass is 10.1. The molecule has 0 spiro atoms. The number of rotatable bonds is 7. The van der Waals surface area contributed by atoms with Crippen LogP contribution in [0.2, 0.25) is 0 Å². The molecule has 1 fully saturated rings. The molecule has 1 aromatic carbocycles. The minimum Gasteiger partial charge on any atom is -0.482 e. The molecule has 3 rings (SSSR count). The summed E-state index contributed by atoms with van der Waals surface area (Å²) in [5, 5.41) is 6.71. The van der Waals surface area contributed by atoms with Gasteiger partial charge in [0.25, 0.3) is 5.91 Å². The first-order valence-electron chi connectivity index (χ1n) is 9.97. The number of para-hydroxylation sites is 2. The SMILES string of the molecule is CN=C(NCCCN1C(=O)COc2ccccc21)NCCN1CCCCC1. The third kappa shape index (κ3) is 5.60. The van der Waals surface area contributed by atoms with Crippen LogP contribution in [0.4, 0.5) is 5.69 Å². The lowest BCUT2D eigenvalue weighted by Crippen LogP contribution is -2.44. The highest BCUT2D eigenvalue weighted by Crippen LogP contribution is 2.31. The number of carbonyl (C=O) groups excluding carboxylic acids is 1. The highest BCUT2D eigenvalue weighted by atomic mass is 16.5. The lowest BCUT2D eigenvalue weighted by Gasteiger charge is -2.29. The summed E-state index contributed by atoms with van der Waals surface area (Å²) in [6, 6.07) is 7.69. The number of fused-ring (bicyclic) bond motifs is 1. The van der Waals surface area contributed by atoms with Crippen molar-refractivity contribution < 1.29 is 9.53 Å². The second kappa shape index (κ2) is 10.2. The third-order valence-corrected chi connectivity index (χ3v) is 5.05. The third-order valence-electron chi connectivity index (χ3n) is 5.05. The monoisotopic (exact) mass is 373 g/mol. The van der Waals surface area contributed by atoms with Crippen molar-refractivity contribution in [2.45, 2.75) is 25.7 Å². The number of guanidine groups is 1. The van der Waals surface area contributed by atoms with Gasteiger partial charge in [-0.05, 0) is 44.5 Å². The van der Waals surface area contributed by atoms with E-state index in [-0.39, 0.29) is 12.5 Å². The van der Waals surface area contributed by atoms with Crippen molar-refractivity contribution in [2.75, 3.05) is 57.8 Å². The Morgan fingerprint density at radius 2 is 1.89 bits per heavy atom. The van der Waals surface area contributed by atoms with Crippen molar-refractivity contribution in [3.05, 3.63) is 24.3 Å². The van der Waals surface area contributed by atoms with E-state index < -0.39 is 0 Å². The first kappa shape index (κ1) is 19.5. The summed E-state index contributed by atoms with van der Waals surface area (Å²) in [5.41, 5.74) is 0.859. The fourth-order valence-corrected chi connectivity index (χ4v) is 3.58. The van der Waals surface area contributed by atoms with E-state index in [0.717, 1.165) is 43.5 Å². The lowest BCUT2D eigenvalue weighted by molar-refractivity contribution is -0.121. The minimum absolute atomic E-state index is 0.0118. The molecule has 27 heavy (non-hydrogen) atoms. The topological polar surface area (TPSA) is 69.2 Å². The van der Waals surface area contributed by atoms with Crippen molar-refractivity contribution >= 4 is 17.6 Å². The number of aliphatic imine (C=N–C) groups is 1. The maximum atomic E-state index is 12.2. The summed E-state index contributed by atoms with van der Waals surface area (Å²) in [5.74, 6) is 1.61. The molecule has 1 saturated heterocycles. The van der Waals surface area contributed by atoms with Crippen LogP contribution in [-0.2, 0) is 4.79 Å². The zero-order valence-electron chi connectivity index (χ0n) is 16.2. The van der Waals surface area contributed by atoms with Crippen LogP contribution in [0, 0.1) is 0 Å². The molecule has 1 aromatic rings. The highest BCUT2D eigenvalue weighted by molar-refractivity contribution is 5.97. The Morgan fingerprint density at radius 3 is 2.70 bits per heavy atom. The predicted molar refractivity (Wildman–Crippen MR) is 109 cm³/mol.